The highest BCUT2D eigenvalue weighted by Crippen LogP contribution is 2.24. The molecule has 1 saturated carbocycles. The van der Waals surface area contributed by atoms with E-state index in [4.69, 9.17) is 10.8 Å². The minimum Gasteiger partial charge on any atom is -0.480 e. The monoisotopic (exact) mass is 242 g/mol. The summed E-state index contributed by atoms with van der Waals surface area (Å²) in [6.45, 7) is 5.87. The van der Waals surface area contributed by atoms with Gasteiger partial charge in [-0.1, -0.05) is 26.7 Å². The maximum atomic E-state index is 10.8. The quantitative estimate of drug-likeness (QED) is 0.713. The number of hydrogen-bond acceptors (Lipinski definition) is 3. The molecule has 0 aromatic heterocycles. The Morgan fingerprint density at radius 3 is 2.47 bits per heavy atom. The third-order valence-electron chi connectivity index (χ3n) is 3.58. The van der Waals surface area contributed by atoms with Gasteiger partial charge in [-0.25, -0.2) is 0 Å². The number of aliphatic carboxylic acids is 1. The van der Waals surface area contributed by atoms with Crippen molar-refractivity contribution >= 4 is 5.97 Å². The van der Waals surface area contributed by atoms with Crippen molar-refractivity contribution in [3.05, 3.63) is 0 Å². The maximum Gasteiger partial charge on any atom is 0.321 e. The van der Waals surface area contributed by atoms with Crippen LogP contribution < -0.4 is 5.73 Å². The van der Waals surface area contributed by atoms with E-state index < -0.39 is 12.0 Å². The lowest BCUT2D eigenvalue weighted by Crippen LogP contribution is -2.46. The lowest BCUT2D eigenvalue weighted by atomic mass is 10.1. The lowest BCUT2D eigenvalue weighted by molar-refractivity contribution is -0.139. The predicted molar refractivity (Wildman–Crippen MR) is 68.9 cm³/mol. The van der Waals surface area contributed by atoms with Gasteiger partial charge >= 0.3 is 5.97 Å². The molecule has 1 unspecified atom stereocenters. The van der Waals surface area contributed by atoms with Gasteiger partial charge in [0, 0.05) is 12.6 Å². The van der Waals surface area contributed by atoms with Gasteiger partial charge in [-0.3, -0.25) is 9.69 Å². The average molecular weight is 242 g/mol. The van der Waals surface area contributed by atoms with Gasteiger partial charge < -0.3 is 10.8 Å². The molecule has 17 heavy (non-hydrogen) atoms. The fourth-order valence-electron chi connectivity index (χ4n) is 2.45. The number of carboxylic acids is 1. The SMILES string of the molecule is CC(C)CCN(CC(N)C(=O)O)C1CCCC1. The fourth-order valence-corrected chi connectivity index (χ4v) is 2.45. The van der Waals surface area contributed by atoms with Crippen molar-refractivity contribution in [3.63, 3.8) is 0 Å². The van der Waals surface area contributed by atoms with E-state index in [1.807, 2.05) is 0 Å². The number of nitrogens with zero attached hydrogens (tertiary/aromatic N) is 1. The second-order valence-electron chi connectivity index (χ2n) is 5.56. The third kappa shape index (κ3) is 5.04. The molecule has 0 aliphatic heterocycles. The van der Waals surface area contributed by atoms with Crippen molar-refractivity contribution < 1.29 is 9.90 Å². The molecule has 100 valence electrons. The highest BCUT2D eigenvalue weighted by molar-refractivity contribution is 5.73. The molecule has 0 aromatic carbocycles. The van der Waals surface area contributed by atoms with Crippen LogP contribution in [0.15, 0.2) is 0 Å². The molecular formula is C13H26N2O2. The van der Waals surface area contributed by atoms with Crippen LogP contribution in [0.3, 0.4) is 0 Å². The Balaban J connectivity index is 2.48. The second-order valence-corrected chi connectivity index (χ2v) is 5.56. The molecule has 0 radical (unpaired) electrons. The Bertz CT molecular complexity index is 238. The first kappa shape index (κ1) is 14.5. The van der Waals surface area contributed by atoms with Crippen molar-refractivity contribution in [2.75, 3.05) is 13.1 Å². The average Bonchev–Trinajstić information content (AvgIpc) is 2.76. The molecule has 1 aliphatic carbocycles. The van der Waals surface area contributed by atoms with E-state index in [-0.39, 0.29) is 0 Å². The van der Waals surface area contributed by atoms with Crippen molar-refractivity contribution in [1.82, 2.24) is 4.90 Å². The van der Waals surface area contributed by atoms with Gasteiger partial charge in [0.2, 0.25) is 0 Å². The molecule has 1 atom stereocenters. The zero-order chi connectivity index (χ0) is 12.8. The molecule has 0 spiro atoms. The summed E-state index contributed by atoms with van der Waals surface area (Å²) < 4.78 is 0. The standard InChI is InChI=1S/C13H26N2O2/c1-10(2)7-8-15(9-12(14)13(16)17)11-5-3-4-6-11/h10-12H,3-9,14H2,1-2H3,(H,16,17). The van der Waals surface area contributed by atoms with E-state index in [0.717, 1.165) is 13.0 Å². The van der Waals surface area contributed by atoms with Gasteiger partial charge in [0.25, 0.3) is 0 Å². The van der Waals surface area contributed by atoms with E-state index in [2.05, 4.69) is 18.7 Å². The minimum atomic E-state index is -0.891. The summed E-state index contributed by atoms with van der Waals surface area (Å²) in [6, 6.07) is -0.193. The number of rotatable bonds is 7. The molecule has 4 heteroatoms. The Kier molecular flexibility index (Phi) is 5.92. The summed E-state index contributed by atoms with van der Waals surface area (Å²) in [5, 5.41) is 8.90. The third-order valence-corrected chi connectivity index (χ3v) is 3.58. The van der Waals surface area contributed by atoms with Gasteiger partial charge in [-0.15, -0.1) is 0 Å². The summed E-state index contributed by atoms with van der Waals surface area (Å²) in [6.07, 6.45) is 6.05. The lowest BCUT2D eigenvalue weighted by Gasteiger charge is -2.30. The van der Waals surface area contributed by atoms with Crippen LogP contribution in [0.1, 0.15) is 46.0 Å². The van der Waals surface area contributed by atoms with Crippen LogP contribution >= 0.6 is 0 Å². The number of nitrogens with two attached hydrogens (primary N) is 1. The Morgan fingerprint density at radius 1 is 1.41 bits per heavy atom. The summed E-state index contributed by atoms with van der Waals surface area (Å²) in [4.78, 5) is 13.1. The van der Waals surface area contributed by atoms with E-state index in [1.165, 1.54) is 25.7 Å². The number of carbonyl (C=O) groups is 1. The first-order valence-electron chi connectivity index (χ1n) is 6.73. The fraction of sp³-hybridized carbons (Fsp3) is 0.923. The first-order chi connectivity index (χ1) is 8.00. The minimum absolute atomic E-state index is 0.493. The molecule has 1 aliphatic rings. The van der Waals surface area contributed by atoms with Crippen molar-refractivity contribution in [1.29, 1.82) is 0 Å². The second kappa shape index (κ2) is 6.97. The smallest absolute Gasteiger partial charge is 0.321 e. The van der Waals surface area contributed by atoms with Crippen LogP contribution in [-0.4, -0.2) is 41.1 Å². The summed E-state index contributed by atoms with van der Waals surface area (Å²) >= 11 is 0. The predicted octanol–water partition coefficient (Wildman–Crippen LogP) is 1.69. The molecule has 0 saturated heterocycles. The summed E-state index contributed by atoms with van der Waals surface area (Å²) in [5.41, 5.74) is 5.65. The van der Waals surface area contributed by atoms with Crippen LogP contribution in [0.2, 0.25) is 0 Å². The topological polar surface area (TPSA) is 66.6 Å². The van der Waals surface area contributed by atoms with E-state index in [0.29, 0.717) is 18.5 Å². The van der Waals surface area contributed by atoms with Crippen molar-refractivity contribution in [2.45, 2.75) is 58.0 Å². The Hall–Kier alpha value is -0.610. The highest BCUT2D eigenvalue weighted by atomic mass is 16.4. The molecular weight excluding hydrogens is 216 g/mol. The van der Waals surface area contributed by atoms with Crippen molar-refractivity contribution in [3.8, 4) is 0 Å². The molecule has 0 bridgehead atoms. The molecule has 3 N–H and O–H groups in total. The molecule has 1 fully saturated rings. The summed E-state index contributed by atoms with van der Waals surface area (Å²) in [7, 11) is 0. The van der Waals surface area contributed by atoms with Crippen LogP contribution in [0.25, 0.3) is 0 Å². The first-order valence-corrected chi connectivity index (χ1v) is 6.73. The van der Waals surface area contributed by atoms with E-state index >= 15 is 0 Å². The number of carboxylic acid groups (broad SMARTS) is 1. The molecule has 1 rings (SSSR count). The van der Waals surface area contributed by atoms with Gasteiger partial charge in [-0.05, 0) is 31.7 Å². The van der Waals surface area contributed by atoms with Gasteiger partial charge in [0.05, 0.1) is 0 Å². The zero-order valence-corrected chi connectivity index (χ0v) is 11.1. The van der Waals surface area contributed by atoms with Gasteiger partial charge in [0.15, 0.2) is 0 Å². The van der Waals surface area contributed by atoms with E-state index in [9.17, 15) is 4.79 Å². The Morgan fingerprint density at radius 2 is 2.00 bits per heavy atom. The maximum absolute atomic E-state index is 10.8. The van der Waals surface area contributed by atoms with E-state index in [1.54, 1.807) is 0 Å². The molecule has 0 amide bonds. The molecule has 0 heterocycles. The number of hydrogen-bond donors (Lipinski definition) is 2. The largest absolute Gasteiger partial charge is 0.480 e. The highest BCUT2D eigenvalue weighted by Gasteiger charge is 2.25. The van der Waals surface area contributed by atoms with Crippen LogP contribution in [0.4, 0.5) is 0 Å². The van der Waals surface area contributed by atoms with Crippen LogP contribution in [0.5, 0.6) is 0 Å². The van der Waals surface area contributed by atoms with Crippen LogP contribution in [0, 0.1) is 5.92 Å². The molecule has 0 aromatic rings. The van der Waals surface area contributed by atoms with Crippen LogP contribution in [-0.2, 0) is 4.79 Å². The molecule has 4 nitrogen and oxygen atoms in total. The van der Waals surface area contributed by atoms with Gasteiger partial charge in [0.1, 0.15) is 6.04 Å². The Labute approximate surface area is 104 Å². The normalized spacial score (nSPS) is 19.1. The zero-order valence-electron chi connectivity index (χ0n) is 11.1. The van der Waals surface area contributed by atoms with Crippen molar-refractivity contribution in [2.24, 2.45) is 11.7 Å². The summed E-state index contributed by atoms with van der Waals surface area (Å²) in [5.74, 6) is -0.238. The van der Waals surface area contributed by atoms with Gasteiger partial charge in [-0.2, -0.15) is 0 Å².